The minimum Gasteiger partial charge on any atom is -0.456 e. The second kappa shape index (κ2) is 7.58. The van der Waals surface area contributed by atoms with Gasteiger partial charge in [-0.25, -0.2) is 0 Å². The van der Waals surface area contributed by atoms with Gasteiger partial charge in [-0.2, -0.15) is 0 Å². The van der Waals surface area contributed by atoms with Crippen molar-refractivity contribution in [3.05, 3.63) is 120 Å². The Kier molecular flexibility index (Phi) is 4.36. The summed E-state index contributed by atoms with van der Waals surface area (Å²) in [5, 5.41) is 7.20. The van der Waals surface area contributed by atoms with Crippen molar-refractivity contribution in [2.75, 3.05) is 0 Å². The highest BCUT2D eigenvalue weighted by Gasteiger charge is 2.18. The van der Waals surface area contributed by atoms with E-state index >= 15 is 0 Å². The predicted octanol–water partition coefficient (Wildman–Crippen LogP) is 9.99. The summed E-state index contributed by atoms with van der Waals surface area (Å²) in [6.07, 6.45) is 0. The standard InChI is InChI=1S/C32H19BrO/c33-32-24-13-6-4-11-22(24)30(23-12-5-7-14-25(23)32)27-15-8-16-28-31(27)26-18-17-21(19-29(26)34-28)20-9-2-1-3-10-20/h1-19H. The molecule has 6 aromatic carbocycles. The van der Waals surface area contributed by atoms with Crippen molar-refractivity contribution in [3.8, 4) is 22.3 Å². The Morgan fingerprint density at radius 3 is 1.82 bits per heavy atom. The van der Waals surface area contributed by atoms with Crippen LogP contribution in [0.2, 0.25) is 0 Å². The van der Waals surface area contributed by atoms with Crippen molar-refractivity contribution in [1.82, 2.24) is 0 Å². The largest absolute Gasteiger partial charge is 0.456 e. The fraction of sp³-hybridized carbons (Fsp3) is 0. The van der Waals surface area contributed by atoms with Crippen LogP contribution in [-0.4, -0.2) is 0 Å². The molecule has 0 N–H and O–H groups in total. The maximum Gasteiger partial charge on any atom is 0.136 e. The molecule has 0 fully saturated rings. The van der Waals surface area contributed by atoms with E-state index in [0.717, 1.165) is 32.0 Å². The highest BCUT2D eigenvalue weighted by molar-refractivity contribution is 9.10. The average molecular weight is 499 g/mol. The van der Waals surface area contributed by atoms with E-state index in [1.807, 2.05) is 6.07 Å². The lowest BCUT2D eigenvalue weighted by molar-refractivity contribution is 0.669. The first kappa shape index (κ1) is 19.6. The number of benzene rings is 6. The molecule has 2 heteroatoms. The Balaban J connectivity index is 1.59. The summed E-state index contributed by atoms with van der Waals surface area (Å²) in [6, 6.07) is 40.7. The minimum absolute atomic E-state index is 0.911. The van der Waals surface area contributed by atoms with Crippen LogP contribution < -0.4 is 0 Å². The molecule has 0 spiro atoms. The number of hydrogen-bond donors (Lipinski definition) is 0. The van der Waals surface area contributed by atoms with Gasteiger partial charge in [0.15, 0.2) is 0 Å². The summed E-state index contributed by atoms with van der Waals surface area (Å²) in [5.74, 6) is 0. The molecule has 0 atom stereocenters. The highest BCUT2D eigenvalue weighted by atomic mass is 79.9. The molecule has 160 valence electrons. The number of hydrogen-bond acceptors (Lipinski definition) is 1. The second-order valence-electron chi connectivity index (χ2n) is 8.64. The summed E-state index contributed by atoms with van der Waals surface area (Å²) in [7, 11) is 0. The molecule has 0 aliphatic carbocycles. The van der Waals surface area contributed by atoms with Gasteiger partial charge in [0, 0.05) is 15.2 Å². The molecule has 1 aromatic heterocycles. The van der Waals surface area contributed by atoms with Crippen LogP contribution in [0.4, 0.5) is 0 Å². The maximum atomic E-state index is 6.42. The van der Waals surface area contributed by atoms with E-state index < -0.39 is 0 Å². The Bertz CT molecular complexity index is 1800. The quantitative estimate of drug-likeness (QED) is 0.216. The minimum atomic E-state index is 0.911. The van der Waals surface area contributed by atoms with Crippen molar-refractivity contribution < 1.29 is 4.42 Å². The van der Waals surface area contributed by atoms with Crippen LogP contribution in [0.3, 0.4) is 0 Å². The van der Waals surface area contributed by atoms with E-state index in [0.29, 0.717) is 0 Å². The lowest BCUT2D eigenvalue weighted by atomic mass is 9.89. The highest BCUT2D eigenvalue weighted by Crippen LogP contribution is 2.45. The normalized spacial score (nSPS) is 11.7. The monoisotopic (exact) mass is 498 g/mol. The van der Waals surface area contributed by atoms with Crippen LogP contribution in [0, 0.1) is 0 Å². The van der Waals surface area contributed by atoms with E-state index in [-0.39, 0.29) is 0 Å². The predicted molar refractivity (Wildman–Crippen MR) is 147 cm³/mol. The molecular formula is C32H19BrO. The molecule has 0 radical (unpaired) electrons. The van der Waals surface area contributed by atoms with Gasteiger partial charge in [-0.05, 0) is 77.9 Å². The third kappa shape index (κ3) is 2.85. The fourth-order valence-electron chi connectivity index (χ4n) is 5.21. The van der Waals surface area contributed by atoms with E-state index in [9.17, 15) is 0 Å². The van der Waals surface area contributed by atoms with Crippen LogP contribution in [0.1, 0.15) is 0 Å². The Hall–Kier alpha value is -3.88. The Labute approximate surface area is 205 Å². The molecule has 34 heavy (non-hydrogen) atoms. The first-order chi connectivity index (χ1) is 16.8. The first-order valence-corrected chi connectivity index (χ1v) is 12.2. The van der Waals surface area contributed by atoms with Gasteiger partial charge in [0.25, 0.3) is 0 Å². The molecule has 1 nitrogen and oxygen atoms in total. The number of halogens is 1. The number of fused-ring (bicyclic) bond motifs is 5. The van der Waals surface area contributed by atoms with E-state index in [2.05, 4.69) is 125 Å². The van der Waals surface area contributed by atoms with Crippen LogP contribution in [0.15, 0.2) is 124 Å². The molecule has 0 saturated heterocycles. The molecule has 0 aliphatic rings. The van der Waals surface area contributed by atoms with E-state index in [1.54, 1.807) is 0 Å². The van der Waals surface area contributed by atoms with Crippen molar-refractivity contribution in [2.45, 2.75) is 0 Å². The molecule has 0 saturated carbocycles. The smallest absolute Gasteiger partial charge is 0.136 e. The molecule has 0 amide bonds. The van der Waals surface area contributed by atoms with Gasteiger partial charge in [-0.1, -0.05) is 97.1 Å². The number of furan rings is 1. The molecule has 1 heterocycles. The molecular weight excluding hydrogens is 480 g/mol. The first-order valence-electron chi connectivity index (χ1n) is 11.4. The topological polar surface area (TPSA) is 13.1 Å². The SMILES string of the molecule is Brc1c2ccccc2c(-c2cccc3oc4cc(-c5ccccc5)ccc4c23)c2ccccc12. The maximum absolute atomic E-state index is 6.42. The summed E-state index contributed by atoms with van der Waals surface area (Å²) in [6.45, 7) is 0. The van der Waals surface area contributed by atoms with Crippen LogP contribution >= 0.6 is 15.9 Å². The third-order valence-corrected chi connectivity index (χ3v) is 7.59. The van der Waals surface area contributed by atoms with Crippen molar-refractivity contribution in [3.63, 3.8) is 0 Å². The van der Waals surface area contributed by atoms with Gasteiger partial charge < -0.3 is 4.42 Å². The Morgan fingerprint density at radius 1 is 0.471 bits per heavy atom. The van der Waals surface area contributed by atoms with E-state index in [4.69, 9.17) is 4.42 Å². The summed E-state index contributed by atoms with van der Waals surface area (Å²) >= 11 is 3.88. The molecule has 0 bridgehead atoms. The van der Waals surface area contributed by atoms with Gasteiger partial charge in [0.1, 0.15) is 11.2 Å². The zero-order chi connectivity index (χ0) is 22.6. The van der Waals surface area contributed by atoms with Gasteiger partial charge in [-0.15, -0.1) is 0 Å². The fourth-order valence-corrected chi connectivity index (χ4v) is 5.90. The molecule has 0 unspecified atom stereocenters. The lowest BCUT2D eigenvalue weighted by Gasteiger charge is -2.15. The zero-order valence-electron chi connectivity index (χ0n) is 18.3. The van der Waals surface area contributed by atoms with Crippen molar-refractivity contribution in [2.24, 2.45) is 0 Å². The van der Waals surface area contributed by atoms with Gasteiger partial charge in [-0.3, -0.25) is 0 Å². The summed E-state index contributed by atoms with van der Waals surface area (Å²) in [4.78, 5) is 0. The summed E-state index contributed by atoms with van der Waals surface area (Å²) < 4.78 is 7.55. The van der Waals surface area contributed by atoms with Crippen molar-refractivity contribution in [1.29, 1.82) is 0 Å². The molecule has 7 aromatic rings. The van der Waals surface area contributed by atoms with Crippen LogP contribution in [-0.2, 0) is 0 Å². The van der Waals surface area contributed by atoms with Crippen LogP contribution in [0.25, 0.3) is 65.7 Å². The Morgan fingerprint density at radius 2 is 1.12 bits per heavy atom. The lowest BCUT2D eigenvalue weighted by Crippen LogP contribution is -1.88. The van der Waals surface area contributed by atoms with Gasteiger partial charge >= 0.3 is 0 Å². The summed E-state index contributed by atoms with van der Waals surface area (Å²) in [5.41, 5.74) is 6.62. The van der Waals surface area contributed by atoms with Crippen molar-refractivity contribution >= 4 is 59.4 Å². The van der Waals surface area contributed by atoms with E-state index in [1.165, 1.54) is 38.2 Å². The third-order valence-electron chi connectivity index (χ3n) is 6.74. The van der Waals surface area contributed by atoms with Gasteiger partial charge in [0.2, 0.25) is 0 Å². The zero-order valence-corrected chi connectivity index (χ0v) is 19.8. The second-order valence-corrected chi connectivity index (χ2v) is 9.43. The van der Waals surface area contributed by atoms with Crippen LogP contribution in [0.5, 0.6) is 0 Å². The molecule has 7 rings (SSSR count). The number of rotatable bonds is 2. The molecule has 0 aliphatic heterocycles. The van der Waals surface area contributed by atoms with Gasteiger partial charge in [0.05, 0.1) is 0 Å². The average Bonchev–Trinajstić information content (AvgIpc) is 3.28.